The van der Waals surface area contributed by atoms with Crippen LogP contribution in [0.2, 0.25) is 0 Å². The van der Waals surface area contributed by atoms with E-state index in [1.807, 2.05) is 78.8 Å². The third-order valence-electron chi connectivity index (χ3n) is 6.59. The number of carbonyl (C=O) groups is 3. The second-order valence-electron chi connectivity index (χ2n) is 10.3. The molecule has 0 aliphatic carbocycles. The molecule has 2 amide bonds. The molecule has 1 rings (SSSR count). The molecule has 0 saturated carbocycles. The van der Waals surface area contributed by atoms with E-state index in [0.29, 0.717) is 12.8 Å². The minimum atomic E-state index is -1.01. The van der Waals surface area contributed by atoms with Gasteiger partial charge in [-0.2, -0.15) is 0 Å². The van der Waals surface area contributed by atoms with E-state index < -0.39 is 28.9 Å². The molecule has 2 N–H and O–H groups in total. The minimum Gasteiger partial charge on any atom is -0.478 e. The molecule has 0 radical (unpaired) electrons. The van der Waals surface area contributed by atoms with Crippen LogP contribution in [0.3, 0.4) is 0 Å². The van der Waals surface area contributed by atoms with Gasteiger partial charge in [0, 0.05) is 12.6 Å². The van der Waals surface area contributed by atoms with E-state index in [2.05, 4.69) is 5.32 Å². The number of benzene rings is 1. The molecule has 6 heteroatoms. The number of nitrogens with one attached hydrogen (secondary N) is 1. The Morgan fingerprint density at radius 3 is 1.97 bits per heavy atom. The summed E-state index contributed by atoms with van der Waals surface area (Å²) in [4.78, 5) is 40.3. The zero-order valence-electron chi connectivity index (χ0n) is 21.7. The van der Waals surface area contributed by atoms with Gasteiger partial charge in [-0.25, -0.2) is 4.79 Å². The predicted octanol–water partition coefficient (Wildman–Crippen LogP) is 4.79. The number of rotatable bonds is 10. The molecule has 33 heavy (non-hydrogen) atoms. The highest BCUT2D eigenvalue weighted by molar-refractivity contribution is 5.94. The van der Waals surface area contributed by atoms with Crippen molar-refractivity contribution in [2.75, 3.05) is 7.05 Å². The van der Waals surface area contributed by atoms with Gasteiger partial charge in [0.2, 0.25) is 11.8 Å². The number of aliphatic carboxylic acids is 1. The summed E-state index contributed by atoms with van der Waals surface area (Å²) in [6.07, 6.45) is 2.82. The molecule has 6 nitrogen and oxygen atoms in total. The molecule has 1 aromatic rings. The molecule has 184 valence electrons. The largest absolute Gasteiger partial charge is 0.478 e. The maximum absolute atomic E-state index is 13.7. The minimum absolute atomic E-state index is 0.000682. The molecule has 0 aromatic heterocycles. The zero-order chi connectivity index (χ0) is 25.6. The first-order valence-corrected chi connectivity index (χ1v) is 11.8. The zero-order valence-corrected chi connectivity index (χ0v) is 21.7. The second-order valence-corrected chi connectivity index (χ2v) is 10.3. The van der Waals surface area contributed by atoms with E-state index in [0.717, 1.165) is 5.56 Å². The number of carboxylic acid groups (broad SMARTS) is 1. The first kappa shape index (κ1) is 28.4. The highest BCUT2D eigenvalue weighted by atomic mass is 16.4. The Morgan fingerprint density at radius 1 is 1.06 bits per heavy atom. The van der Waals surface area contributed by atoms with E-state index in [1.165, 1.54) is 6.92 Å². The number of hydrogen-bond acceptors (Lipinski definition) is 3. The summed E-state index contributed by atoms with van der Waals surface area (Å²) in [6, 6.07) is 8.51. The van der Waals surface area contributed by atoms with Crippen LogP contribution in [0.15, 0.2) is 42.0 Å². The average molecular weight is 459 g/mol. The van der Waals surface area contributed by atoms with Gasteiger partial charge in [0.15, 0.2) is 0 Å². The van der Waals surface area contributed by atoms with Crippen molar-refractivity contribution < 1.29 is 19.5 Å². The Morgan fingerprint density at radius 2 is 1.58 bits per heavy atom. The van der Waals surface area contributed by atoms with Gasteiger partial charge in [-0.1, -0.05) is 84.9 Å². The lowest BCUT2D eigenvalue weighted by Gasteiger charge is -2.40. The fourth-order valence-corrected chi connectivity index (χ4v) is 4.22. The van der Waals surface area contributed by atoms with Gasteiger partial charge in [0.1, 0.15) is 6.04 Å². The Labute approximate surface area is 199 Å². The summed E-state index contributed by atoms with van der Waals surface area (Å²) < 4.78 is 0. The maximum Gasteiger partial charge on any atom is 0.331 e. The van der Waals surface area contributed by atoms with Crippen molar-refractivity contribution in [2.24, 2.45) is 11.3 Å². The predicted molar refractivity (Wildman–Crippen MR) is 133 cm³/mol. The van der Waals surface area contributed by atoms with Gasteiger partial charge >= 0.3 is 5.97 Å². The maximum atomic E-state index is 13.7. The SMILES string of the molecule is CCC(CC)(C(=O)N[C@H](C(=O)N(C)[C@H](/C=C(\C)C(=O)O)C(C)C)C(C)(C)C)c1ccccc1. The van der Waals surface area contributed by atoms with Crippen molar-refractivity contribution in [3.8, 4) is 0 Å². The first-order chi connectivity index (χ1) is 15.2. The lowest BCUT2D eigenvalue weighted by molar-refractivity contribution is -0.141. The lowest BCUT2D eigenvalue weighted by Crippen LogP contribution is -2.59. The smallest absolute Gasteiger partial charge is 0.331 e. The molecule has 0 unspecified atom stereocenters. The van der Waals surface area contributed by atoms with Crippen molar-refractivity contribution in [1.29, 1.82) is 0 Å². The molecule has 0 aliphatic heterocycles. The van der Waals surface area contributed by atoms with Crippen molar-refractivity contribution in [3.63, 3.8) is 0 Å². The van der Waals surface area contributed by atoms with Crippen LogP contribution in [0.1, 0.15) is 73.8 Å². The van der Waals surface area contributed by atoms with Crippen LogP contribution < -0.4 is 5.32 Å². The molecule has 0 saturated heterocycles. The summed E-state index contributed by atoms with van der Waals surface area (Å²) in [5, 5.41) is 12.4. The van der Waals surface area contributed by atoms with Gasteiger partial charge in [0.05, 0.1) is 11.5 Å². The van der Waals surface area contributed by atoms with Gasteiger partial charge in [-0.05, 0) is 36.7 Å². The highest BCUT2D eigenvalue weighted by Gasteiger charge is 2.42. The van der Waals surface area contributed by atoms with E-state index in [-0.39, 0.29) is 23.3 Å². The number of hydrogen-bond donors (Lipinski definition) is 2. The summed E-state index contributed by atoms with van der Waals surface area (Å²) in [7, 11) is 1.67. The summed E-state index contributed by atoms with van der Waals surface area (Å²) >= 11 is 0. The Hall–Kier alpha value is -2.63. The molecular formula is C27H42N2O4. The number of amides is 2. The monoisotopic (exact) mass is 458 g/mol. The molecule has 0 aliphatic rings. The van der Waals surface area contributed by atoms with Crippen LogP contribution >= 0.6 is 0 Å². The molecule has 0 heterocycles. The van der Waals surface area contributed by atoms with E-state index in [4.69, 9.17) is 0 Å². The van der Waals surface area contributed by atoms with Crippen LogP contribution in [-0.4, -0.2) is 46.9 Å². The third kappa shape index (κ3) is 6.68. The van der Waals surface area contributed by atoms with Gasteiger partial charge in [-0.15, -0.1) is 0 Å². The van der Waals surface area contributed by atoms with Crippen molar-refractivity contribution in [1.82, 2.24) is 10.2 Å². The first-order valence-electron chi connectivity index (χ1n) is 11.8. The number of nitrogens with zero attached hydrogens (tertiary/aromatic N) is 1. The lowest BCUT2D eigenvalue weighted by atomic mass is 9.74. The van der Waals surface area contributed by atoms with Crippen LogP contribution in [0.25, 0.3) is 0 Å². The average Bonchev–Trinajstić information content (AvgIpc) is 2.75. The van der Waals surface area contributed by atoms with Crippen molar-refractivity contribution >= 4 is 17.8 Å². The molecule has 1 aromatic carbocycles. The van der Waals surface area contributed by atoms with E-state index >= 15 is 0 Å². The molecule has 2 atom stereocenters. The fourth-order valence-electron chi connectivity index (χ4n) is 4.22. The van der Waals surface area contributed by atoms with Gasteiger partial charge in [0.25, 0.3) is 0 Å². The quantitative estimate of drug-likeness (QED) is 0.494. The van der Waals surface area contributed by atoms with Gasteiger partial charge in [-0.3, -0.25) is 9.59 Å². The van der Waals surface area contributed by atoms with Crippen LogP contribution in [-0.2, 0) is 19.8 Å². The van der Waals surface area contributed by atoms with E-state index in [9.17, 15) is 19.5 Å². The van der Waals surface area contributed by atoms with Crippen molar-refractivity contribution in [3.05, 3.63) is 47.5 Å². The Kier molecular flexibility index (Phi) is 9.88. The van der Waals surface area contributed by atoms with Gasteiger partial charge < -0.3 is 15.3 Å². The normalized spacial score (nSPS) is 14.5. The highest BCUT2D eigenvalue weighted by Crippen LogP contribution is 2.33. The topological polar surface area (TPSA) is 86.7 Å². The standard InChI is InChI=1S/C27H42N2O4/c1-10-27(11-2,20-15-13-12-14-16-20)25(33)28-22(26(6,7)8)23(30)29(9)21(18(3)4)17-19(5)24(31)32/h12-18,21-22H,10-11H2,1-9H3,(H,28,33)(H,31,32)/b19-17+/t21-,22-/m1/s1. The fraction of sp³-hybridized carbons (Fsp3) is 0.593. The van der Waals surface area contributed by atoms with E-state index in [1.54, 1.807) is 18.0 Å². The molecule has 0 spiro atoms. The third-order valence-corrected chi connectivity index (χ3v) is 6.59. The number of carboxylic acids is 1. The Bertz CT molecular complexity index is 849. The molecule has 0 bridgehead atoms. The number of carbonyl (C=O) groups excluding carboxylic acids is 2. The van der Waals surface area contributed by atoms with Crippen LogP contribution in [0.4, 0.5) is 0 Å². The van der Waals surface area contributed by atoms with Crippen molar-refractivity contribution in [2.45, 2.75) is 85.7 Å². The molecule has 0 fully saturated rings. The number of likely N-dealkylation sites (N-methyl/N-ethyl adjacent to an activating group) is 1. The molecular weight excluding hydrogens is 416 g/mol. The summed E-state index contributed by atoms with van der Waals surface area (Å²) in [5.41, 5.74) is -0.162. The summed E-state index contributed by atoms with van der Waals surface area (Å²) in [6.45, 7) is 15.2. The Balaban J connectivity index is 3.37. The van der Waals surface area contributed by atoms with Crippen LogP contribution in [0, 0.1) is 11.3 Å². The summed E-state index contributed by atoms with van der Waals surface area (Å²) in [5.74, 6) is -1.42. The van der Waals surface area contributed by atoms with Crippen LogP contribution in [0.5, 0.6) is 0 Å². The second kappa shape index (κ2) is 11.5.